The van der Waals surface area contributed by atoms with Gasteiger partial charge in [-0.05, 0) is 0 Å². The second-order valence-electron chi connectivity index (χ2n) is 9.58. The number of carbonyl (C=O) groups is 4. The van der Waals surface area contributed by atoms with E-state index in [0.717, 1.165) is 0 Å². The van der Waals surface area contributed by atoms with Crippen molar-refractivity contribution in [2.45, 2.75) is 0 Å². The van der Waals surface area contributed by atoms with Crippen molar-refractivity contribution in [2.75, 3.05) is 145 Å². The topological polar surface area (TPSA) is 202 Å². The Kier molecular flexibility index (Phi) is 29.9. The molecule has 0 bridgehead atoms. The van der Waals surface area contributed by atoms with Crippen LogP contribution in [0.25, 0.3) is 0 Å². The molecule has 0 aliphatic heterocycles. The van der Waals surface area contributed by atoms with Gasteiger partial charge in [-0.15, -0.1) is 0 Å². The van der Waals surface area contributed by atoms with Gasteiger partial charge in [0.05, 0.1) is 119 Å². The molecule has 0 radical (unpaired) electrons. The van der Waals surface area contributed by atoms with Crippen LogP contribution in [0, 0.1) is 0 Å². The van der Waals surface area contributed by atoms with Crippen molar-refractivity contribution in [1.29, 1.82) is 0 Å². The molecule has 0 fully saturated rings. The van der Waals surface area contributed by atoms with Crippen LogP contribution >= 0.6 is 0 Å². The minimum Gasteiger partial charge on any atom is -0.480 e. The molecule has 0 spiro atoms. The van der Waals surface area contributed by atoms with Gasteiger partial charge in [-0.2, -0.15) is 0 Å². The summed E-state index contributed by atoms with van der Waals surface area (Å²) in [6.07, 6.45) is 0. The summed E-state index contributed by atoms with van der Waals surface area (Å²) in [7, 11) is 0. The maximum absolute atomic E-state index is 11.9. The molecule has 49 heavy (non-hydrogen) atoms. The number of esters is 1. The lowest BCUT2D eigenvalue weighted by Gasteiger charge is -2.09. The highest BCUT2D eigenvalue weighted by atomic mass is 16.6. The van der Waals surface area contributed by atoms with Gasteiger partial charge in [-0.25, -0.2) is 9.59 Å². The molecule has 0 saturated heterocycles. The fourth-order valence-corrected chi connectivity index (χ4v) is 3.37. The maximum atomic E-state index is 11.9. The van der Waals surface area contributed by atoms with Crippen LogP contribution in [0.1, 0.15) is 10.4 Å². The van der Waals surface area contributed by atoms with Gasteiger partial charge >= 0.3 is 11.9 Å². The zero-order chi connectivity index (χ0) is 35.5. The second kappa shape index (κ2) is 33.4. The quantitative estimate of drug-likeness (QED) is 0.0401. The fourth-order valence-electron chi connectivity index (χ4n) is 3.37. The molecule has 1 amide bonds. The van der Waals surface area contributed by atoms with Gasteiger partial charge < -0.3 is 62.5 Å². The predicted molar refractivity (Wildman–Crippen MR) is 171 cm³/mol. The minimum absolute atomic E-state index is 0.0139. The Hall–Kier alpha value is -3.10. The summed E-state index contributed by atoms with van der Waals surface area (Å²) in [6.45, 7) is 6.61. The fraction of sp³-hybridized carbons (Fsp3) is 0.688. The number of benzene rings is 1. The van der Waals surface area contributed by atoms with Crippen LogP contribution in [-0.4, -0.2) is 174 Å². The highest BCUT2D eigenvalue weighted by molar-refractivity contribution is 6.40. The molecule has 1 rings (SSSR count). The van der Waals surface area contributed by atoms with Gasteiger partial charge in [0.15, 0.2) is 0 Å². The highest BCUT2D eigenvalue weighted by Gasteiger charge is 2.17. The third-order valence-electron chi connectivity index (χ3n) is 5.69. The van der Waals surface area contributed by atoms with E-state index in [1.807, 2.05) is 0 Å². The average Bonchev–Trinajstić information content (AvgIpc) is 3.10. The molecule has 2 N–H and O–H groups in total. The number of ketones is 1. The molecule has 17 nitrogen and oxygen atoms in total. The number of amides is 1. The zero-order valence-corrected chi connectivity index (χ0v) is 28.0. The van der Waals surface area contributed by atoms with E-state index in [0.29, 0.717) is 119 Å². The molecule has 0 aliphatic rings. The smallest absolute Gasteiger partial charge is 0.379 e. The maximum Gasteiger partial charge on any atom is 0.379 e. The SMILES string of the molecule is O=C(O)COCC(=O)NCCOCCOCCOCCOCCOCCOCCOCCOCCOCCOC(=O)C(=O)c1ccccc1. The molecule has 0 unspecified atom stereocenters. The number of carboxylic acid groups (broad SMARTS) is 1. The summed E-state index contributed by atoms with van der Waals surface area (Å²) in [4.78, 5) is 45.2. The lowest BCUT2D eigenvalue weighted by molar-refractivity contribution is -0.143. The van der Waals surface area contributed by atoms with Gasteiger partial charge in [0, 0.05) is 12.1 Å². The molecular formula is C32H51NO16. The van der Waals surface area contributed by atoms with Crippen LogP contribution in [0.2, 0.25) is 0 Å². The normalized spacial score (nSPS) is 11.0. The Morgan fingerprint density at radius 2 is 0.837 bits per heavy atom. The third-order valence-corrected chi connectivity index (χ3v) is 5.69. The minimum atomic E-state index is -1.13. The first-order chi connectivity index (χ1) is 24.0. The molecular weight excluding hydrogens is 654 g/mol. The molecule has 17 heteroatoms. The first kappa shape index (κ1) is 43.9. The molecule has 0 aromatic heterocycles. The first-order valence-electron chi connectivity index (χ1n) is 16.0. The number of carboxylic acids is 1. The van der Waals surface area contributed by atoms with E-state index in [1.54, 1.807) is 30.3 Å². The summed E-state index contributed by atoms with van der Waals surface area (Å²) in [6, 6.07) is 8.22. The third kappa shape index (κ3) is 29.5. The highest BCUT2D eigenvalue weighted by Crippen LogP contribution is 2.01. The molecule has 1 aromatic rings. The largest absolute Gasteiger partial charge is 0.480 e. The van der Waals surface area contributed by atoms with Gasteiger partial charge in [-0.3, -0.25) is 9.59 Å². The van der Waals surface area contributed by atoms with E-state index in [-0.39, 0.29) is 25.4 Å². The summed E-state index contributed by atoms with van der Waals surface area (Å²) in [5, 5.41) is 11.0. The lowest BCUT2D eigenvalue weighted by Crippen LogP contribution is -2.31. The average molecular weight is 706 g/mol. The number of carbonyl (C=O) groups excluding carboxylic acids is 3. The number of hydrogen-bond acceptors (Lipinski definition) is 15. The number of aliphatic carboxylic acids is 1. The van der Waals surface area contributed by atoms with Crippen LogP contribution in [-0.2, 0) is 66.5 Å². The Bertz CT molecular complexity index is 968. The van der Waals surface area contributed by atoms with Gasteiger partial charge in [0.2, 0.25) is 5.91 Å². The lowest BCUT2D eigenvalue weighted by atomic mass is 10.1. The molecule has 0 saturated carbocycles. The van der Waals surface area contributed by atoms with Crippen molar-refractivity contribution in [3.05, 3.63) is 35.9 Å². The Morgan fingerprint density at radius 3 is 1.22 bits per heavy atom. The van der Waals surface area contributed by atoms with Crippen molar-refractivity contribution < 1.29 is 76.4 Å². The Labute approximate surface area is 286 Å². The van der Waals surface area contributed by atoms with Crippen molar-refractivity contribution in [2.24, 2.45) is 0 Å². The van der Waals surface area contributed by atoms with Crippen LogP contribution < -0.4 is 5.32 Å². The summed E-state index contributed by atoms with van der Waals surface area (Å²) >= 11 is 0. The molecule has 0 atom stereocenters. The number of rotatable bonds is 36. The Morgan fingerprint density at radius 1 is 0.469 bits per heavy atom. The number of ether oxygens (including phenoxy) is 11. The molecule has 0 heterocycles. The first-order valence-corrected chi connectivity index (χ1v) is 16.0. The van der Waals surface area contributed by atoms with Gasteiger partial charge in [-0.1, -0.05) is 30.3 Å². The van der Waals surface area contributed by atoms with Crippen LogP contribution in [0.15, 0.2) is 30.3 Å². The standard InChI is InChI=1S/C32H51NO16/c34-29(26-48-27-30(35)36)33-6-7-39-8-9-40-10-11-41-12-13-42-14-15-43-16-17-44-18-19-45-20-21-46-22-23-47-24-25-49-32(38)31(37)28-4-2-1-3-5-28/h1-5H,6-27H2,(H,33,34)(H,35,36). The molecule has 1 aromatic carbocycles. The van der Waals surface area contributed by atoms with Crippen LogP contribution in [0.5, 0.6) is 0 Å². The van der Waals surface area contributed by atoms with Crippen molar-refractivity contribution in [3.63, 3.8) is 0 Å². The number of Topliss-reactive ketones (excluding diaryl/α,β-unsaturated/α-hetero) is 1. The van der Waals surface area contributed by atoms with E-state index in [4.69, 9.17) is 52.5 Å². The van der Waals surface area contributed by atoms with Gasteiger partial charge in [0.25, 0.3) is 5.78 Å². The van der Waals surface area contributed by atoms with Crippen molar-refractivity contribution in [3.8, 4) is 0 Å². The van der Waals surface area contributed by atoms with E-state index < -0.39 is 30.2 Å². The zero-order valence-electron chi connectivity index (χ0n) is 28.0. The predicted octanol–water partition coefficient (Wildman–Crippen LogP) is -0.221. The van der Waals surface area contributed by atoms with Gasteiger partial charge in [0.1, 0.15) is 19.8 Å². The molecule has 0 aliphatic carbocycles. The van der Waals surface area contributed by atoms with Crippen molar-refractivity contribution in [1.82, 2.24) is 5.32 Å². The van der Waals surface area contributed by atoms with E-state index in [2.05, 4.69) is 10.1 Å². The van der Waals surface area contributed by atoms with E-state index >= 15 is 0 Å². The number of nitrogens with one attached hydrogen (secondary N) is 1. The van der Waals surface area contributed by atoms with Crippen LogP contribution in [0.3, 0.4) is 0 Å². The Balaban J connectivity index is 1.68. The van der Waals surface area contributed by atoms with Crippen LogP contribution in [0.4, 0.5) is 0 Å². The second-order valence-corrected chi connectivity index (χ2v) is 9.58. The summed E-state index contributed by atoms with van der Waals surface area (Å²) < 4.78 is 58.1. The number of hydrogen-bond donors (Lipinski definition) is 2. The van der Waals surface area contributed by atoms with E-state index in [9.17, 15) is 19.2 Å². The summed E-state index contributed by atoms with van der Waals surface area (Å²) in [5.41, 5.74) is 0.287. The monoisotopic (exact) mass is 705 g/mol. The van der Waals surface area contributed by atoms with Crippen molar-refractivity contribution >= 4 is 23.6 Å². The van der Waals surface area contributed by atoms with E-state index in [1.165, 1.54) is 0 Å². The molecule has 280 valence electrons. The summed E-state index contributed by atoms with van der Waals surface area (Å²) in [5.74, 6) is -3.13.